The van der Waals surface area contributed by atoms with Gasteiger partial charge in [-0.2, -0.15) is 0 Å². The molecule has 1 rings (SSSR count). The Morgan fingerprint density at radius 2 is 1.93 bits per heavy atom. The first-order valence-corrected chi connectivity index (χ1v) is 5.50. The van der Waals surface area contributed by atoms with Gasteiger partial charge in [0.2, 0.25) is 5.91 Å². The molecule has 1 amide bonds. The normalized spacial score (nSPS) is 26.8. The molecule has 15 heavy (non-hydrogen) atoms. The minimum Gasteiger partial charge on any atom is -0.340 e. The molecule has 0 heterocycles. The third-order valence-electron chi connectivity index (χ3n) is 2.94. The average Bonchev–Trinajstić information content (AvgIpc) is 2.18. The smallest absolute Gasteiger partial charge is 0.224 e. The highest BCUT2D eigenvalue weighted by atomic mass is 16.2. The van der Waals surface area contributed by atoms with Crippen LogP contribution in [0.4, 0.5) is 0 Å². The summed E-state index contributed by atoms with van der Waals surface area (Å²) < 4.78 is 0. The van der Waals surface area contributed by atoms with Crippen molar-refractivity contribution in [3.8, 4) is 12.3 Å². The van der Waals surface area contributed by atoms with Gasteiger partial charge < -0.3 is 11.1 Å². The number of nitrogens with one attached hydrogen (secondary N) is 1. The minimum atomic E-state index is -0.545. The van der Waals surface area contributed by atoms with Gasteiger partial charge in [-0.05, 0) is 39.5 Å². The number of carbonyl (C=O) groups excluding carboxylic acids is 1. The fourth-order valence-electron chi connectivity index (χ4n) is 1.83. The second-order valence-electron chi connectivity index (χ2n) is 4.87. The van der Waals surface area contributed by atoms with Crippen molar-refractivity contribution in [2.24, 2.45) is 11.7 Å². The molecule has 0 unspecified atom stereocenters. The predicted octanol–water partition coefficient (Wildman–Crippen LogP) is 1.03. The van der Waals surface area contributed by atoms with Gasteiger partial charge in [-0.3, -0.25) is 4.79 Å². The molecule has 0 radical (unpaired) electrons. The number of rotatable bonds is 2. The molecule has 0 saturated heterocycles. The summed E-state index contributed by atoms with van der Waals surface area (Å²) in [6, 6.07) is 0.273. The van der Waals surface area contributed by atoms with Crippen LogP contribution in [0.1, 0.15) is 39.5 Å². The molecule has 0 aromatic heterocycles. The van der Waals surface area contributed by atoms with Gasteiger partial charge in [0.15, 0.2) is 0 Å². The van der Waals surface area contributed by atoms with Crippen LogP contribution in [0.5, 0.6) is 0 Å². The molecule has 0 atom stereocenters. The van der Waals surface area contributed by atoms with Crippen LogP contribution in [-0.4, -0.2) is 17.5 Å². The molecule has 1 fully saturated rings. The molecule has 0 aromatic rings. The second-order valence-corrected chi connectivity index (χ2v) is 4.87. The van der Waals surface area contributed by atoms with E-state index in [0.29, 0.717) is 0 Å². The van der Waals surface area contributed by atoms with Crippen LogP contribution in [0.25, 0.3) is 0 Å². The third-order valence-corrected chi connectivity index (χ3v) is 2.94. The van der Waals surface area contributed by atoms with Gasteiger partial charge in [0, 0.05) is 12.0 Å². The van der Waals surface area contributed by atoms with E-state index in [0.717, 1.165) is 25.7 Å². The van der Waals surface area contributed by atoms with E-state index in [2.05, 4.69) is 11.2 Å². The lowest BCUT2D eigenvalue weighted by Crippen LogP contribution is -2.46. The van der Waals surface area contributed by atoms with E-state index < -0.39 is 5.54 Å². The number of hydrogen-bond donors (Lipinski definition) is 2. The van der Waals surface area contributed by atoms with E-state index in [1.165, 1.54) is 0 Å². The van der Waals surface area contributed by atoms with Crippen molar-refractivity contribution in [3.05, 3.63) is 0 Å². The van der Waals surface area contributed by atoms with Crippen LogP contribution in [0.15, 0.2) is 0 Å². The van der Waals surface area contributed by atoms with E-state index in [9.17, 15) is 4.79 Å². The van der Waals surface area contributed by atoms with Gasteiger partial charge in [-0.25, -0.2) is 0 Å². The summed E-state index contributed by atoms with van der Waals surface area (Å²) in [5.41, 5.74) is 5.24. The summed E-state index contributed by atoms with van der Waals surface area (Å²) in [6.45, 7) is 3.67. The van der Waals surface area contributed by atoms with Crippen molar-refractivity contribution in [3.63, 3.8) is 0 Å². The van der Waals surface area contributed by atoms with E-state index >= 15 is 0 Å². The van der Waals surface area contributed by atoms with Crippen LogP contribution in [0.3, 0.4) is 0 Å². The number of nitrogens with two attached hydrogens (primary N) is 1. The Hall–Kier alpha value is -1.01. The Morgan fingerprint density at radius 1 is 1.40 bits per heavy atom. The van der Waals surface area contributed by atoms with E-state index in [1.807, 2.05) is 13.8 Å². The molecular formula is C12H20N2O. The standard InChI is InChI=1S/C12H20N2O/c1-4-12(2,3)14-11(15)9-5-7-10(13)8-6-9/h1,9-10H,5-8,13H2,2-3H3,(H,14,15). The summed E-state index contributed by atoms with van der Waals surface area (Å²) >= 11 is 0. The van der Waals surface area contributed by atoms with Crippen LogP contribution in [0, 0.1) is 18.3 Å². The zero-order chi connectivity index (χ0) is 11.5. The fourth-order valence-corrected chi connectivity index (χ4v) is 1.83. The van der Waals surface area contributed by atoms with Gasteiger partial charge in [0.25, 0.3) is 0 Å². The van der Waals surface area contributed by atoms with Gasteiger partial charge in [-0.1, -0.05) is 5.92 Å². The molecule has 3 heteroatoms. The van der Waals surface area contributed by atoms with Crippen LogP contribution < -0.4 is 11.1 Å². The maximum absolute atomic E-state index is 11.8. The van der Waals surface area contributed by atoms with E-state index in [-0.39, 0.29) is 17.9 Å². The lowest BCUT2D eigenvalue weighted by Gasteiger charge is -2.28. The topological polar surface area (TPSA) is 55.1 Å². The van der Waals surface area contributed by atoms with Crippen molar-refractivity contribution in [1.82, 2.24) is 5.32 Å². The lowest BCUT2D eigenvalue weighted by atomic mass is 9.85. The maximum atomic E-state index is 11.8. The Labute approximate surface area is 91.8 Å². The maximum Gasteiger partial charge on any atom is 0.224 e. The minimum absolute atomic E-state index is 0.0739. The Morgan fingerprint density at radius 3 is 2.40 bits per heavy atom. The average molecular weight is 208 g/mol. The van der Waals surface area contributed by atoms with Crippen molar-refractivity contribution in [2.45, 2.75) is 51.1 Å². The molecular weight excluding hydrogens is 188 g/mol. The quantitative estimate of drug-likeness (QED) is 0.666. The molecule has 1 aliphatic rings. The van der Waals surface area contributed by atoms with Crippen LogP contribution >= 0.6 is 0 Å². The number of hydrogen-bond acceptors (Lipinski definition) is 2. The molecule has 1 aliphatic carbocycles. The Bertz CT molecular complexity index is 270. The zero-order valence-corrected chi connectivity index (χ0v) is 9.55. The first kappa shape index (κ1) is 12.1. The molecule has 0 aliphatic heterocycles. The van der Waals surface area contributed by atoms with E-state index in [1.54, 1.807) is 0 Å². The summed E-state index contributed by atoms with van der Waals surface area (Å²) in [6.07, 6.45) is 8.96. The summed E-state index contributed by atoms with van der Waals surface area (Å²) in [4.78, 5) is 11.8. The third kappa shape index (κ3) is 3.56. The van der Waals surface area contributed by atoms with Gasteiger partial charge in [0.05, 0.1) is 5.54 Å². The summed E-state index contributed by atoms with van der Waals surface area (Å²) in [5.74, 6) is 2.73. The Kier molecular flexibility index (Phi) is 3.76. The van der Waals surface area contributed by atoms with Gasteiger partial charge >= 0.3 is 0 Å². The first-order chi connectivity index (χ1) is 6.94. The predicted molar refractivity (Wildman–Crippen MR) is 61.0 cm³/mol. The molecule has 0 aromatic carbocycles. The largest absolute Gasteiger partial charge is 0.340 e. The fraction of sp³-hybridized carbons (Fsp3) is 0.750. The molecule has 84 valence electrons. The number of terminal acetylenes is 1. The lowest BCUT2D eigenvalue weighted by molar-refractivity contribution is -0.127. The molecule has 3 nitrogen and oxygen atoms in total. The highest BCUT2D eigenvalue weighted by molar-refractivity contribution is 5.79. The van der Waals surface area contributed by atoms with Gasteiger partial charge in [-0.15, -0.1) is 6.42 Å². The summed E-state index contributed by atoms with van der Waals surface area (Å²) in [5, 5.41) is 2.87. The highest BCUT2D eigenvalue weighted by Crippen LogP contribution is 2.23. The number of amides is 1. The SMILES string of the molecule is C#CC(C)(C)NC(=O)C1CCC(N)CC1. The van der Waals surface area contributed by atoms with Crippen LogP contribution in [0.2, 0.25) is 0 Å². The monoisotopic (exact) mass is 208 g/mol. The number of carbonyl (C=O) groups is 1. The zero-order valence-electron chi connectivity index (χ0n) is 9.55. The summed E-state index contributed by atoms with van der Waals surface area (Å²) in [7, 11) is 0. The van der Waals surface area contributed by atoms with E-state index in [4.69, 9.17) is 12.2 Å². The van der Waals surface area contributed by atoms with Gasteiger partial charge in [0.1, 0.15) is 0 Å². The first-order valence-electron chi connectivity index (χ1n) is 5.50. The van der Waals surface area contributed by atoms with Crippen molar-refractivity contribution >= 4 is 5.91 Å². The van der Waals surface area contributed by atoms with Crippen LogP contribution in [-0.2, 0) is 4.79 Å². The molecule has 0 spiro atoms. The second kappa shape index (κ2) is 4.67. The molecule has 0 bridgehead atoms. The Balaban J connectivity index is 2.45. The van der Waals surface area contributed by atoms with Crippen molar-refractivity contribution in [1.29, 1.82) is 0 Å². The highest BCUT2D eigenvalue weighted by Gasteiger charge is 2.27. The van der Waals surface area contributed by atoms with Crippen molar-refractivity contribution < 1.29 is 4.79 Å². The molecule has 3 N–H and O–H groups in total. The molecule has 1 saturated carbocycles. The van der Waals surface area contributed by atoms with Crippen molar-refractivity contribution in [2.75, 3.05) is 0 Å².